The fourth-order valence-corrected chi connectivity index (χ4v) is 3.37. The molecule has 1 aromatic heterocycles. The number of rotatable bonds is 5. The number of aliphatic hydroxyl groups excluding tert-OH is 1. The number of carbonyl (C=O) groups excluding carboxylic acids is 1. The van der Waals surface area contributed by atoms with Crippen molar-refractivity contribution >= 4 is 6.09 Å². The molecule has 0 fully saturated rings. The second-order valence-corrected chi connectivity index (χ2v) is 6.08. The van der Waals surface area contributed by atoms with Gasteiger partial charge >= 0.3 is 6.09 Å². The number of H-pyrrole nitrogens is 1. The SMILES string of the molecule is O=C(N[C@H](CO)c1ncn[nH]1)OCC1c2ccccc2-c2ccccc21. The van der Waals surface area contributed by atoms with Gasteiger partial charge in [0.25, 0.3) is 0 Å². The minimum Gasteiger partial charge on any atom is -0.449 e. The summed E-state index contributed by atoms with van der Waals surface area (Å²) in [7, 11) is 0. The average molecular weight is 350 g/mol. The highest BCUT2D eigenvalue weighted by Gasteiger charge is 2.29. The van der Waals surface area contributed by atoms with Crippen LogP contribution in [-0.4, -0.2) is 39.6 Å². The number of amides is 1. The summed E-state index contributed by atoms with van der Waals surface area (Å²) < 4.78 is 5.45. The van der Waals surface area contributed by atoms with Gasteiger partial charge in [-0.1, -0.05) is 48.5 Å². The molecule has 0 bridgehead atoms. The van der Waals surface area contributed by atoms with E-state index in [1.807, 2.05) is 24.3 Å². The van der Waals surface area contributed by atoms with Crippen molar-refractivity contribution in [2.75, 3.05) is 13.2 Å². The molecule has 1 atom stereocenters. The van der Waals surface area contributed by atoms with Crippen LogP contribution in [0.4, 0.5) is 4.79 Å². The normalized spacial score (nSPS) is 13.7. The van der Waals surface area contributed by atoms with Crippen LogP contribution in [0.5, 0.6) is 0 Å². The van der Waals surface area contributed by atoms with Gasteiger partial charge in [-0.3, -0.25) is 5.10 Å². The lowest BCUT2D eigenvalue weighted by Crippen LogP contribution is -2.33. The molecule has 1 aliphatic carbocycles. The maximum Gasteiger partial charge on any atom is 0.407 e. The van der Waals surface area contributed by atoms with E-state index in [1.54, 1.807) is 0 Å². The second-order valence-electron chi connectivity index (χ2n) is 6.08. The summed E-state index contributed by atoms with van der Waals surface area (Å²) in [6.07, 6.45) is 0.708. The van der Waals surface area contributed by atoms with E-state index in [0.29, 0.717) is 5.82 Å². The lowest BCUT2D eigenvalue weighted by atomic mass is 9.98. The average Bonchev–Trinajstić information content (AvgIpc) is 3.31. The van der Waals surface area contributed by atoms with Gasteiger partial charge in [-0.25, -0.2) is 9.78 Å². The fraction of sp³-hybridized carbons (Fsp3) is 0.211. The van der Waals surface area contributed by atoms with Crippen LogP contribution in [0.1, 0.15) is 28.9 Å². The van der Waals surface area contributed by atoms with E-state index in [0.717, 1.165) is 11.1 Å². The van der Waals surface area contributed by atoms with Crippen LogP contribution in [0.25, 0.3) is 11.1 Å². The van der Waals surface area contributed by atoms with Crippen molar-refractivity contribution in [3.63, 3.8) is 0 Å². The number of ether oxygens (including phenoxy) is 1. The number of nitrogens with one attached hydrogen (secondary N) is 2. The Morgan fingerprint density at radius 3 is 2.38 bits per heavy atom. The molecule has 0 spiro atoms. The number of carbonyl (C=O) groups is 1. The smallest absolute Gasteiger partial charge is 0.407 e. The molecule has 0 saturated carbocycles. The minimum absolute atomic E-state index is 0.00833. The summed E-state index contributed by atoms with van der Waals surface area (Å²) in [4.78, 5) is 16.1. The number of hydrogen-bond acceptors (Lipinski definition) is 5. The summed E-state index contributed by atoms with van der Waals surface area (Å²) in [5.74, 6) is 0.368. The van der Waals surface area contributed by atoms with Crippen LogP contribution < -0.4 is 5.32 Å². The van der Waals surface area contributed by atoms with Crippen LogP contribution >= 0.6 is 0 Å². The van der Waals surface area contributed by atoms with Crippen molar-refractivity contribution in [3.05, 3.63) is 71.8 Å². The summed E-state index contributed by atoms with van der Waals surface area (Å²) in [5, 5.41) is 18.4. The molecule has 7 heteroatoms. The minimum atomic E-state index is -0.687. The number of nitrogens with zero attached hydrogens (tertiary/aromatic N) is 2. The van der Waals surface area contributed by atoms with Gasteiger partial charge in [0.15, 0.2) is 0 Å². The molecule has 132 valence electrons. The molecule has 1 heterocycles. The fourth-order valence-electron chi connectivity index (χ4n) is 3.37. The Labute approximate surface area is 150 Å². The van der Waals surface area contributed by atoms with Crippen LogP contribution in [0, 0.1) is 0 Å². The zero-order valence-corrected chi connectivity index (χ0v) is 13.9. The van der Waals surface area contributed by atoms with E-state index in [1.165, 1.54) is 17.5 Å². The molecule has 0 aliphatic heterocycles. The summed E-state index contributed by atoms with van der Waals surface area (Å²) in [5.41, 5.74) is 4.64. The lowest BCUT2D eigenvalue weighted by molar-refractivity contribution is 0.131. The lowest BCUT2D eigenvalue weighted by Gasteiger charge is -2.17. The predicted octanol–water partition coefficient (Wildman–Crippen LogP) is 2.38. The van der Waals surface area contributed by atoms with E-state index in [2.05, 4.69) is 44.8 Å². The van der Waals surface area contributed by atoms with E-state index < -0.39 is 12.1 Å². The molecule has 1 amide bonds. The first kappa shape index (κ1) is 16.3. The number of aromatic amines is 1. The van der Waals surface area contributed by atoms with Crippen LogP contribution in [0.2, 0.25) is 0 Å². The van der Waals surface area contributed by atoms with E-state index in [4.69, 9.17) is 4.74 Å². The maximum absolute atomic E-state index is 12.2. The Hall–Kier alpha value is -3.19. The van der Waals surface area contributed by atoms with Crippen LogP contribution in [0.3, 0.4) is 0 Å². The van der Waals surface area contributed by atoms with Crippen molar-refractivity contribution in [2.45, 2.75) is 12.0 Å². The van der Waals surface area contributed by atoms with Crippen molar-refractivity contribution in [1.29, 1.82) is 0 Å². The second kappa shape index (κ2) is 6.97. The van der Waals surface area contributed by atoms with Gasteiger partial charge in [-0.2, -0.15) is 5.10 Å². The largest absolute Gasteiger partial charge is 0.449 e. The first-order valence-electron chi connectivity index (χ1n) is 8.35. The Morgan fingerprint density at radius 2 is 1.81 bits per heavy atom. The predicted molar refractivity (Wildman–Crippen MR) is 94.4 cm³/mol. The highest BCUT2D eigenvalue weighted by molar-refractivity contribution is 5.79. The van der Waals surface area contributed by atoms with Crippen molar-refractivity contribution in [1.82, 2.24) is 20.5 Å². The third-order valence-corrected chi connectivity index (χ3v) is 4.58. The molecule has 3 aromatic rings. The van der Waals surface area contributed by atoms with E-state index >= 15 is 0 Å². The third-order valence-electron chi connectivity index (χ3n) is 4.58. The highest BCUT2D eigenvalue weighted by Crippen LogP contribution is 2.44. The Kier molecular flexibility index (Phi) is 4.37. The zero-order valence-electron chi connectivity index (χ0n) is 13.9. The van der Waals surface area contributed by atoms with Gasteiger partial charge in [-0.15, -0.1) is 0 Å². The number of benzene rings is 2. The maximum atomic E-state index is 12.2. The van der Waals surface area contributed by atoms with E-state index in [-0.39, 0.29) is 19.1 Å². The van der Waals surface area contributed by atoms with Gasteiger partial charge in [-0.05, 0) is 22.3 Å². The molecular formula is C19H18N4O3. The summed E-state index contributed by atoms with van der Waals surface area (Å²) in [6, 6.07) is 15.6. The molecule has 1 aliphatic rings. The van der Waals surface area contributed by atoms with Gasteiger partial charge < -0.3 is 15.2 Å². The number of aromatic nitrogens is 3. The Morgan fingerprint density at radius 1 is 1.15 bits per heavy atom. The quantitative estimate of drug-likeness (QED) is 0.656. The highest BCUT2D eigenvalue weighted by atomic mass is 16.5. The molecule has 0 unspecified atom stereocenters. The first-order valence-corrected chi connectivity index (χ1v) is 8.35. The van der Waals surface area contributed by atoms with E-state index in [9.17, 15) is 9.90 Å². The number of hydrogen-bond donors (Lipinski definition) is 3. The molecule has 0 radical (unpaired) electrons. The summed E-state index contributed by atoms with van der Waals surface area (Å²) >= 11 is 0. The van der Waals surface area contributed by atoms with Crippen molar-refractivity contribution in [2.24, 2.45) is 0 Å². The van der Waals surface area contributed by atoms with Crippen molar-refractivity contribution in [3.8, 4) is 11.1 Å². The van der Waals surface area contributed by atoms with Gasteiger partial charge in [0.2, 0.25) is 0 Å². The Balaban J connectivity index is 1.47. The third kappa shape index (κ3) is 2.93. The molecule has 7 nitrogen and oxygen atoms in total. The standard InChI is InChI=1S/C19H18N4O3/c24-9-17(18-20-11-21-23-18)22-19(25)26-10-16-14-7-3-1-5-12(14)13-6-2-4-8-15(13)16/h1-8,11,16-17,24H,9-10H2,(H,22,25)(H,20,21,23)/t17-/m1/s1. The number of fused-ring (bicyclic) bond motifs is 3. The van der Waals surface area contributed by atoms with Gasteiger partial charge in [0, 0.05) is 5.92 Å². The van der Waals surface area contributed by atoms with Crippen LogP contribution in [-0.2, 0) is 4.74 Å². The topological polar surface area (TPSA) is 100 Å². The molecule has 4 rings (SSSR count). The molecular weight excluding hydrogens is 332 g/mol. The van der Waals surface area contributed by atoms with Crippen molar-refractivity contribution < 1.29 is 14.6 Å². The van der Waals surface area contributed by atoms with Gasteiger partial charge in [0.05, 0.1) is 6.61 Å². The summed E-state index contributed by atoms with van der Waals surface area (Å²) in [6.45, 7) is -0.0895. The van der Waals surface area contributed by atoms with Gasteiger partial charge in [0.1, 0.15) is 24.8 Å². The van der Waals surface area contributed by atoms with Crippen LogP contribution in [0.15, 0.2) is 54.9 Å². The first-order chi connectivity index (χ1) is 12.8. The zero-order chi connectivity index (χ0) is 17.9. The number of aliphatic hydroxyl groups is 1. The monoisotopic (exact) mass is 350 g/mol. The Bertz CT molecular complexity index is 865. The molecule has 26 heavy (non-hydrogen) atoms. The number of alkyl carbamates (subject to hydrolysis) is 1. The molecule has 0 saturated heterocycles. The molecule has 2 aromatic carbocycles. The molecule has 3 N–H and O–H groups in total.